The molecular formula is C22H29N5O8. The average molecular weight is 492 g/mol. The second-order valence-electron chi connectivity index (χ2n) is 8.12. The van der Waals surface area contributed by atoms with Crippen LogP contribution < -0.4 is 21.7 Å². The fourth-order valence-corrected chi connectivity index (χ4v) is 3.25. The molecule has 13 nitrogen and oxygen atoms in total. The summed E-state index contributed by atoms with van der Waals surface area (Å²) in [6.07, 6.45) is -0.456. The molecule has 5 unspecified atom stereocenters. The molecular weight excluding hydrogens is 462 g/mol. The minimum Gasteiger partial charge on any atom is -0.481 e. The van der Waals surface area contributed by atoms with E-state index in [0.29, 0.717) is 5.56 Å². The molecule has 0 bridgehead atoms. The molecule has 5 atom stereocenters. The first-order chi connectivity index (χ1) is 16.4. The molecule has 2 rings (SSSR count). The van der Waals surface area contributed by atoms with Gasteiger partial charge in [0.1, 0.15) is 24.2 Å². The van der Waals surface area contributed by atoms with E-state index in [1.807, 2.05) is 12.1 Å². The van der Waals surface area contributed by atoms with Gasteiger partial charge in [-0.2, -0.15) is 0 Å². The van der Waals surface area contributed by atoms with Gasteiger partial charge in [0.25, 0.3) is 0 Å². The van der Waals surface area contributed by atoms with E-state index in [2.05, 4.69) is 20.9 Å². The Balaban J connectivity index is 2.30. The highest BCUT2D eigenvalue weighted by atomic mass is 16.4. The van der Waals surface area contributed by atoms with Crippen LogP contribution >= 0.6 is 0 Å². The van der Waals surface area contributed by atoms with E-state index in [9.17, 15) is 29.1 Å². The van der Waals surface area contributed by atoms with Gasteiger partial charge in [0.15, 0.2) is 0 Å². The highest BCUT2D eigenvalue weighted by Gasteiger charge is 2.32. The van der Waals surface area contributed by atoms with Crippen LogP contribution in [0.1, 0.15) is 25.8 Å². The number of amides is 3. The number of benzene rings is 1. The van der Waals surface area contributed by atoms with Gasteiger partial charge in [-0.05, 0) is 25.5 Å². The number of aromatic amines is 1. The van der Waals surface area contributed by atoms with Gasteiger partial charge in [-0.25, -0.2) is 0 Å². The molecule has 3 amide bonds. The summed E-state index contributed by atoms with van der Waals surface area (Å²) in [6, 6.07) is 1.61. The summed E-state index contributed by atoms with van der Waals surface area (Å²) in [5, 5.41) is 35.4. The lowest BCUT2D eigenvalue weighted by Crippen LogP contribution is -2.58. The smallest absolute Gasteiger partial charge is 0.325 e. The van der Waals surface area contributed by atoms with Gasteiger partial charge < -0.3 is 42.0 Å². The number of nitrogens with two attached hydrogens (primary N) is 1. The van der Waals surface area contributed by atoms with Crippen LogP contribution in [0.15, 0.2) is 30.5 Å². The Kier molecular flexibility index (Phi) is 9.31. The van der Waals surface area contributed by atoms with Crippen LogP contribution in [0.5, 0.6) is 0 Å². The van der Waals surface area contributed by atoms with Crippen LogP contribution in [0.3, 0.4) is 0 Å². The van der Waals surface area contributed by atoms with E-state index in [4.69, 9.17) is 15.9 Å². The number of aliphatic carboxylic acids is 2. The van der Waals surface area contributed by atoms with E-state index in [-0.39, 0.29) is 6.42 Å². The number of carbonyl (C=O) groups excluding carboxylic acids is 3. The van der Waals surface area contributed by atoms with Gasteiger partial charge >= 0.3 is 11.9 Å². The molecule has 1 aromatic carbocycles. The summed E-state index contributed by atoms with van der Waals surface area (Å²) in [5.74, 6) is -5.52. The molecule has 0 saturated carbocycles. The van der Waals surface area contributed by atoms with Crippen LogP contribution in [0.25, 0.3) is 10.9 Å². The van der Waals surface area contributed by atoms with Crippen molar-refractivity contribution < 1.29 is 39.3 Å². The first kappa shape index (κ1) is 27.3. The molecule has 190 valence electrons. The van der Waals surface area contributed by atoms with Crippen molar-refractivity contribution in [3.05, 3.63) is 36.0 Å². The third-order valence-corrected chi connectivity index (χ3v) is 5.30. The second kappa shape index (κ2) is 11.9. The van der Waals surface area contributed by atoms with Gasteiger partial charge in [-0.15, -0.1) is 0 Å². The van der Waals surface area contributed by atoms with E-state index in [1.165, 1.54) is 13.8 Å². The number of nitrogens with one attached hydrogen (secondary N) is 4. The molecule has 0 aliphatic carbocycles. The van der Waals surface area contributed by atoms with Crippen molar-refractivity contribution in [1.82, 2.24) is 20.9 Å². The predicted octanol–water partition coefficient (Wildman–Crippen LogP) is -1.55. The summed E-state index contributed by atoms with van der Waals surface area (Å²) in [5.41, 5.74) is 7.09. The number of hydrogen-bond acceptors (Lipinski definition) is 7. The van der Waals surface area contributed by atoms with Crippen molar-refractivity contribution >= 4 is 40.6 Å². The van der Waals surface area contributed by atoms with Crippen LogP contribution in [0, 0.1) is 0 Å². The molecule has 0 fully saturated rings. The maximum Gasteiger partial charge on any atom is 0.325 e. The average Bonchev–Trinajstić information content (AvgIpc) is 3.19. The number of carboxylic acids is 2. The number of aliphatic hydroxyl groups excluding tert-OH is 1. The van der Waals surface area contributed by atoms with E-state index in [0.717, 1.165) is 10.9 Å². The third-order valence-electron chi connectivity index (χ3n) is 5.30. The predicted molar refractivity (Wildman–Crippen MR) is 123 cm³/mol. The number of para-hydroxylation sites is 1. The van der Waals surface area contributed by atoms with Crippen LogP contribution in [-0.2, 0) is 30.4 Å². The number of aromatic nitrogens is 1. The lowest BCUT2D eigenvalue weighted by molar-refractivity contribution is -0.143. The van der Waals surface area contributed by atoms with Gasteiger partial charge in [0.2, 0.25) is 17.7 Å². The molecule has 0 aliphatic heterocycles. The molecule has 2 aromatic rings. The SMILES string of the molecule is CC(NC(=O)C(CC(=O)O)NC(=O)C(Cc1c[nH]c2ccccc12)NC(=O)C(N)C(C)O)C(=O)O. The van der Waals surface area contributed by atoms with Crippen LogP contribution in [-0.4, -0.2) is 80.2 Å². The van der Waals surface area contributed by atoms with Crippen molar-refractivity contribution in [3.8, 4) is 0 Å². The Morgan fingerprint density at radius 1 is 0.943 bits per heavy atom. The molecule has 9 N–H and O–H groups in total. The Morgan fingerprint density at radius 3 is 2.14 bits per heavy atom. The lowest BCUT2D eigenvalue weighted by atomic mass is 10.0. The molecule has 1 aromatic heterocycles. The van der Waals surface area contributed by atoms with Crippen molar-refractivity contribution in [3.63, 3.8) is 0 Å². The molecule has 0 spiro atoms. The van der Waals surface area contributed by atoms with E-state index >= 15 is 0 Å². The molecule has 0 aliphatic rings. The van der Waals surface area contributed by atoms with Crippen LogP contribution in [0.4, 0.5) is 0 Å². The van der Waals surface area contributed by atoms with Gasteiger partial charge in [-0.3, -0.25) is 24.0 Å². The summed E-state index contributed by atoms with van der Waals surface area (Å²) in [4.78, 5) is 63.4. The second-order valence-corrected chi connectivity index (χ2v) is 8.12. The normalized spacial score (nSPS) is 15.3. The van der Waals surface area contributed by atoms with Crippen molar-refractivity contribution in [2.75, 3.05) is 0 Å². The Labute approximate surface area is 200 Å². The number of carbonyl (C=O) groups is 5. The molecule has 0 saturated heterocycles. The molecule has 13 heteroatoms. The first-order valence-electron chi connectivity index (χ1n) is 10.7. The number of H-pyrrole nitrogens is 1. The Morgan fingerprint density at radius 2 is 1.54 bits per heavy atom. The monoisotopic (exact) mass is 491 g/mol. The van der Waals surface area contributed by atoms with Gasteiger partial charge in [0, 0.05) is 23.5 Å². The number of hydrogen-bond donors (Lipinski definition) is 8. The van der Waals surface area contributed by atoms with Crippen LogP contribution in [0.2, 0.25) is 0 Å². The zero-order chi connectivity index (χ0) is 26.3. The zero-order valence-electron chi connectivity index (χ0n) is 19.1. The largest absolute Gasteiger partial charge is 0.481 e. The maximum absolute atomic E-state index is 13.1. The van der Waals surface area contributed by atoms with Crippen molar-refractivity contribution in [1.29, 1.82) is 0 Å². The number of aliphatic hydroxyl groups is 1. The third kappa shape index (κ3) is 7.52. The minimum absolute atomic E-state index is 0.0545. The van der Waals surface area contributed by atoms with E-state index < -0.39 is 66.4 Å². The maximum atomic E-state index is 13.1. The Hall–Kier alpha value is -3.97. The van der Waals surface area contributed by atoms with Crippen molar-refractivity contribution in [2.24, 2.45) is 5.73 Å². The molecule has 35 heavy (non-hydrogen) atoms. The summed E-state index contributed by atoms with van der Waals surface area (Å²) in [6.45, 7) is 2.48. The Bertz CT molecular complexity index is 1100. The molecule has 0 radical (unpaired) electrons. The summed E-state index contributed by atoms with van der Waals surface area (Å²) in [7, 11) is 0. The fraction of sp³-hybridized carbons (Fsp3) is 0.409. The summed E-state index contributed by atoms with van der Waals surface area (Å²) >= 11 is 0. The van der Waals surface area contributed by atoms with Crippen molar-refractivity contribution in [2.45, 2.75) is 57.0 Å². The quantitative estimate of drug-likeness (QED) is 0.172. The highest BCUT2D eigenvalue weighted by Crippen LogP contribution is 2.19. The van der Waals surface area contributed by atoms with Gasteiger partial charge in [0.05, 0.1) is 12.5 Å². The number of carboxylic acid groups (broad SMARTS) is 2. The number of rotatable bonds is 12. The lowest BCUT2D eigenvalue weighted by Gasteiger charge is -2.24. The highest BCUT2D eigenvalue weighted by molar-refractivity contribution is 5.96. The number of fused-ring (bicyclic) bond motifs is 1. The first-order valence-corrected chi connectivity index (χ1v) is 10.7. The standard InChI is InChI=1S/C22H29N5O8/c1-10(22(34)35)25-19(31)16(8-17(29)30)26-20(32)15(27-21(33)18(23)11(2)28)7-12-9-24-14-6-4-3-5-13(12)14/h3-6,9-11,15-16,18,24,28H,7-8,23H2,1-2H3,(H,25,31)(H,26,32)(H,27,33)(H,29,30)(H,34,35). The summed E-state index contributed by atoms with van der Waals surface area (Å²) < 4.78 is 0. The minimum atomic E-state index is -1.62. The molecule has 1 heterocycles. The topological polar surface area (TPSA) is 224 Å². The zero-order valence-corrected chi connectivity index (χ0v) is 19.1. The van der Waals surface area contributed by atoms with E-state index in [1.54, 1.807) is 18.3 Å². The fourth-order valence-electron chi connectivity index (χ4n) is 3.25. The van der Waals surface area contributed by atoms with Gasteiger partial charge in [-0.1, -0.05) is 18.2 Å².